The Morgan fingerprint density at radius 2 is 2.36 bits per heavy atom. The third-order valence-electron chi connectivity index (χ3n) is 4.88. The Bertz CT molecular complexity index is 561. The van der Waals surface area contributed by atoms with Gasteiger partial charge in [0.1, 0.15) is 12.7 Å². The maximum Gasteiger partial charge on any atom is 0.317 e. The molecular formula is C14H21N5O3. The summed E-state index contributed by atoms with van der Waals surface area (Å²) in [4.78, 5) is 29.5. The zero-order valence-corrected chi connectivity index (χ0v) is 12.6. The van der Waals surface area contributed by atoms with E-state index in [1.165, 1.54) is 6.33 Å². The fraction of sp³-hybridized carbons (Fsp3) is 0.714. The molecule has 1 unspecified atom stereocenters. The highest BCUT2D eigenvalue weighted by Gasteiger charge is 2.55. The van der Waals surface area contributed by atoms with Crippen molar-refractivity contribution in [2.24, 2.45) is 11.3 Å². The fourth-order valence-electron chi connectivity index (χ4n) is 3.75. The predicted octanol–water partition coefficient (Wildman–Crippen LogP) is 0.563. The van der Waals surface area contributed by atoms with Crippen molar-refractivity contribution < 1.29 is 14.7 Å². The van der Waals surface area contributed by atoms with Crippen molar-refractivity contribution in [2.45, 2.75) is 38.8 Å². The lowest BCUT2D eigenvalue weighted by atomic mass is 9.81. The molecule has 1 saturated carbocycles. The Kier molecular flexibility index (Phi) is 3.76. The molecule has 0 aromatic carbocycles. The van der Waals surface area contributed by atoms with E-state index in [0.29, 0.717) is 26.1 Å². The Labute approximate surface area is 128 Å². The highest BCUT2D eigenvalue weighted by atomic mass is 16.4. The molecule has 3 rings (SSSR count). The number of urea groups is 1. The first-order valence-corrected chi connectivity index (χ1v) is 7.62. The van der Waals surface area contributed by atoms with Crippen LogP contribution < -0.4 is 5.32 Å². The fourth-order valence-corrected chi connectivity index (χ4v) is 3.75. The molecule has 0 radical (unpaired) electrons. The first-order chi connectivity index (χ1) is 10.5. The molecule has 0 bridgehead atoms. The molecule has 2 heterocycles. The minimum absolute atomic E-state index is 0.0846. The summed E-state index contributed by atoms with van der Waals surface area (Å²) in [5, 5.41) is 16.5. The number of likely N-dealkylation sites (tertiary alicyclic amines) is 1. The van der Waals surface area contributed by atoms with Crippen LogP contribution in [0, 0.1) is 11.3 Å². The molecule has 2 N–H and O–H groups in total. The Morgan fingerprint density at radius 1 is 1.55 bits per heavy atom. The van der Waals surface area contributed by atoms with E-state index in [4.69, 9.17) is 0 Å². The van der Waals surface area contributed by atoms with E-state index < -0.39 is 11.4 Å². The third-order valence-corrected chi connectivity index (χ3v) is 4.88. The van der Waals surface area contributed by atoms with Gasteiger partial charge in [-0.1, -0.05) is 6.42 Å². The van der Waals surface area contributed by atoms with Crippen LogP contribution in [0.3, 0.4) is 0 Å². The molecule has 1 aromatic rings. The number of hydrogen-bond acceptors (Lipinski definition) is 4. The Morgan fingerprint density at radius 3 is 3.00 bits per heavy atom. The van der Waals surface area contributed by atoms with Gasteiger partial charge in [-0.2, -0.15) is 5.10 Å². The van der Waals surface area contributed by atoms with Crippen LogP contribution in [-0.2, 0) is 11.3 Å². The number of hydrogen-bond donors (Lipinski definition) is 2. The summed E-state index contributed by atoms with van der Waals surface area (Å²) in [6.07, 6.45) is 5.56. The Balaban J connectivity index is 1.58. The van der Waals surface area contributed by atoms with E-state index in [-0.39, 0.29) is 18.0 Å². The van der Waals surface area contributed by atoms with Gasteiger partial charge >= 0.3 is 12.0 Å². The summed E-state index contributed by atoms with van der Waals surface area (Å²) in [6.45, 7) is 3.28. The van der Waals surface area contributed by atoms with Crippen molar-refractivity contribution in [3.63, 3.8) is 0 Å². The van der Waals surface area contributed by atoms with Crippen LogP contribution in [0.15, 0.2) is 12.7 Å². The van der Waals surface area contributed by atoms with Crippen molar-refractivity contribution in [2.75, 3.05) is 13.1 Å². The van der Waals surface area contributed by atoms with Crippen LogP contribution in [0.5, 0.6) is 0 Å². The molecule has 2 aliphatic rings. The van der Waals surface area contributed by atoms with E-state index >= 15 is 0 Å². The number of carbonyl (C=O) groups excluding carboxylic acids is 1. The van der Waals surface area contributed by atoms with E-state index in [9.17, 15) is 14.7 Å². The number of carboxylic acid groups (broad SMARTS) is 1. The standard InChI is InChI=1S/C14H21N5O3/c1-10(5-19-9-15-8-16-19)17-13(22)18-6-11-3-2-4-14(11,7-18)12(20)21/h8-11H,2-7H2,1H3,(H,17,22)(H,20,21)/t10?,11-,14+/m0/s1. The molecule has 120 valence electrons. The number of aromatic nitrogens is 3. The van der Waals surface area contributed by atoms with E-state index in [0.717, 1.165) is 12.8 Å². The first-order valence-electron chi connectivity index (χ1n) is 7.62. The molecule has 2 fully saturated rings. The molecule has 0 spiro atoms. The van der Waals surface area contributed by atoms with Gasteiger partial charge in [-0.15, -0.1) is 0 Å². The monoisotopic (exact) mass is 307 g/mol. The number of carboxylic acids is 1. The average Bonchev–Trinajstić information content (AvgIpc) is 3.11. The molecule has 8 nitrogen and oxygen atoms in total. The van der Waals surface area contributed by atoms with E-state index in [1.54, 1.807) is 15.9 Å². The highest BCUT2D eigenvalue weighted by Crippen LogP contribution is 2.48. The first kappa shape index (κ1) is 14.8. The zero-order chi connectivity index (χ0) is 15.7. The van der Waals surface area contributed by atoms with Gasteiger partial charge in [-0.25, -0.2) is 9.78 Å². The predicted molar refractivity (Wildman–Crippen MR) is 77.0 cm³/mol. The highest BCUT2D eigenvalue weighted by molar-refractivity contribution is 5.80. The topological polar surface area (TPSA) is 100 Å². The summed E-state index contributed by atoms with van der Waals surface area (Å²) in [7, 11) is 0. The molecule has 3 atom stereocenters. The lowest BCUT2D eigenvalue weighted by Gasteiger charge is -2.24. The number of aliphatic carboxylic acids is 1. The SMILES string of the molecule is CC(Cn1cncn1)NC(=O)N1C[C@@H]2CCC[C@@]2(C(=O)O)C1. The van der Waals surface area contributed by atoms with Crippen LogP contribution in [0.4, 0.5) is 4.79 Å². The molecule has 2 amide bonds. The number of nitrogens with one attached hydrogen (secondary N) is 1. The molecule has 1 aliphatic heterocycles. The molecule has 1 aromatic heterocycles. The third kappa shape index (κ3) is 2.53. The normalized spacial score (nSPS) is 28.4. The van der Waals surface area contributed by atoms with Crippen molar-refractivity contribution in [1.29, 1.82) is 0 Å². The number of nitrogens with zero attached hydrogens (tertiary/aromatic N) is 4. The van der Waals surface area contributed by atoms with Crippen LogP contribution >= 0.6 is 0 Å². The second-order valence-corrected chi connectivity index (χ2v) is 6.40. The Hall–Kier alpha value is -2.12. The van der Waals surface area contributed by atoms with Gasteiger partial charge in [-0.3, -0.25) is 9.48 Å². The summed E-state index contributed by atoms with van der Waals surface area (Å²) >= 11 is 0. The minimum atomic E-state index is -0.763. The maximum absolute atomic E-state index is 12.4. The van der Waals surface area contributed by atoms with E-state index in [2.05, 4.69) is 15.4 Å². The summed E-state index contributed by atoms with van der Waals surface area (Å²) in [5.41, 5.74) is -0.730. The zero-order valence-electron chi connectivity index (χ0n) is 12.6. The summed E-state index contributed by atoms with van der Waals surface area (Å²) < 4.78 is 1.66. The summed E-state index contributed by atoms with van der Waals surface area (Å²) in [5.74, 6) is -0.678. The van der Waals surface area contributed by atoms with Crippen molar-refractivity contribution in [1.82, 2.24) is 25.0 Å². The second-order valence-electron chi connectivity index (χ2n) is 6.40. The van der Waals surface area contributed by atoms with Gasteiger partial charge in [-0.05, 0) is 25.7 Å². The van der Waals surface area contributed by atoms with Crippen LogP contribution in [0.2, 0.25) is 0 Å². The van der Waals surface area contributed by atoms with Crippen molar-refractivity contribution >= 4 is 12.0 Å². The second kappa shape index (κ2) is 5.58. The van der Waals surface area contributed by atoms with Gasteiger partial charge in [0, 0.05) is 19.1 Å². The lowest BCUT2D eigenvalue weighted by molar-refractivity contribution is -0.149. The maximum atomic E-state index is 12.4. The van der Waals surface area contributed by atoms with Crippen LogP contribution in [-0.4, -0.2) is 55.9 Å². The largest absolute Gasteiger partial charge is 0.481 e. The summed E-state index contributed by atoms with van der Waals surface area (Å²) in [6, 6.07) is -0.293. The quantitative estimate of drug-likeness (QED) is 0.846. The average molecular weight is 307 g/mol. The molecule has 1 saturated heterocycles. The van der Waals surface area contributed by atoms with Crippen LogP contribution in [0.1, 0.15) is 26.2 Å². The van der Waals surface area contributed by atoms with E-state index in [1.807, 2.05) is 6.92 Å². The van der Waals surface area contributed by atoms with Gasteiger partial charge in [0.15, 0.2) is 0 Å². The number of fused-ring (bicyclic) bond motifs is 1. The van der Waals surface area contributed by atoms with Crippen molar-refractivity contribution in [3.05, 3.63) is 12.7 Å². The van der Waals surface area contributed by atoms with Crippen molar-refractivity contribution in [3.8, 4) is 0 Å². The number of amides is 2. The number of carbonyl (C=O) groups is 2. The number of rotatable bonds is 4. The molecule has 22 heavy (non-hydrogen) atoms. The van der Waals surface area contributed by atoms with Gasteiger partial charge in [0.25, 0.3) is 0 Å². The van der Waals surface area contributed by atoms with Crippen LogP contribution in [0.25, 0.3) is 0 Å². The molecular weight excluding hydrogens is 286 g/mol. The molecule has 1 aliphatic carbocycles. The lowest BCUT2D eigenvalue weighted by Crippen LogP contribution is -2.45. The van der Waals surface area contributed by atoms with Gasteiger partial charge < -0.3 is 15.3 Å². The smallest absolute Gasteiger partial charge is 0.317 e. The molecule has 8 heteroatoms. The van der Waals surface area contributed by atoms with Gasteiger partial charge in [0.2, 0.25) is 0 Å². The van der Waals surface area contributed by atoms with Gasteiger partial charge in [0.05, 0.1) is 12.0 Å². The minimum Gasteiger partial charge on any atom is -0.481 e.